The van der Waals surface area contributed by atoms with Crippen LogP contribution in [0.3, 0.4) is 0 Å². The first kappa shape index (κ1) is 14.7. The lowest BCUT2D eigenvalue weighted by Crippen LogP contribution is -2.56. The number of H-pyrrole nitrogens is 1. The van der Waals surface area contributed by atoms with Crippen molar-refractivity contribution in [2.24, 2.45) is 0 Å². The van der Waals surface area contributed by atoms with E-state index in [1.807, 2.05) is 0 Å². The predicted molar refractivity (Wildman–Crippen MR) is 73.6 cm³/mol. The molecule has 0 radical (unpaired) electrons. The minimum absolute atomic E-state index is 0.00420. The van der Waals surface area contributed by atoms with Crippen LogP contribution >= 0.6 is 0 Å². The van der Waals surface area contributed by atoms with E-state index in [1.165, 1.54) is 6.20 Å². The number of hydrogen-bond donors (Lipinski definition) is 3. The molecule has 0 amide bonds. The van der Waals surface area contributed by atoms with E-state index in [0.717, 1.165) is 16.8 Å². The molecule has 0 aliphatic carbocycles. The van der Waals surface area contributed by atoms with E-state index in [0.29, 0.717) is 0 Å². The number of hydrogen-bond acceptors (Lipinski definition) is 5. The maximum absolute atomic E-state index is 13.1. The van der Waals surface area contributed by atoms with Gasteiger partial charge >= 0.3 is 6.18 Å². The molecule has 3 rings (SSSR count). The third kappa shape index (κ3) is 2.22. The number of allylic oxidation sites excluding steroid dienone is 2. The Balaban J connectivity index is 2.45. The van der Waals surface area contributed by atoms with Gasteiger partial charge in [0, 0.05) is 6.20 Å². The van der Waals surface area contributed by atoms with Crippen LogP contribution in [0.2, 0.25) is 0 Å². The van der Waals surface area contributed by atoms with Crippen LogP contribution in [0.25, 0.3) is 11.3 Å². The first-order valence-electron chi connectivity index (χ1n) is 6.32. The summed E-state index contributed by atoms with van der Waals surface area (Å²) in [7, 11) is 0. The average molecular weight is 323 g/mol. The number of aromatic nitrogens is 2. The maximum atomic E-state index is 13.1. The lowest BCUT2D eigenvalue weighted by Gasteiger charge is -2.17. The van der Waals surface area contributed by atoms with Crippen LogP contribution in [0, 0.1) is 11.3 Å². The highest BCUT2D eigenvalue weighted by Gasteiger charge is 2.37. The van der Waals surface area contributed by atoms with E-state index in [4.69, 9.17) is 5.26 Å². The van der Waals surface area contributed by atoms with E-state index < -0.39 is 33.8 Å². The zero-order valence-electron chi connectivity index (χ0n) is 11.3. The van der Waals surface area contributed by atoms with E-state index >= 15 is 0 Å². The number of nitrogens with zero attached hydrogens (tertiary/aromatic N) is 2. The molecule has 0 saturated heterocycles. The zero-order valence-corrected chi connectivity index (χ0v) is 11.3. The van der Waals surface area contributed by atoms with Gasteiger partial charge in [-0.25, -0.2) is 4.68 Å². The van der Waals surface area contributed by atoms with Gasteiger partial charge in [-0.15, -0.1) is 0 Å². The molecule has 10 heteroatoms. The number of aromatic amines is 1. The van der Waals surface area contributed by atoms with Crippen molar-refractivity contribution in [1.82, 2.24) is 15.0 Å². The number of rotatable bonds is 0. The van der Waals surface area contributed by atoms with Gasteiger partial charge in [0.15, 0.2) is 5.48 Å². The van der Waals surface area contributed by atoms with Crippen molar-refractivity contribution in [3.05, 3.63) is 55.3 Å². The van der Waals surface area contributed by atoms with Crippen molar-refractivity contribution in [3.8, 4) is 6.07 Å². The predicted octanol–water partition coefficient (Wildman–Crippen LogP) is -1.52. The molecule has 3 heterocycles. The fourth-order valence-corrected chi connectivity index (χ4v) is 2.33. The molecule has 0 atom stereocenters. The molecule has 0 bridgehead atoms. The van der Waals surface area contributed by atoms with Gasteiger partial charge in [0.05, 0.1) is 23.4 Å². The summed E-state index contributed by atoms with van der Waals surface area (Å²) in [6, 6.07) is 1.81. The van der Waals surface area contributed by atoms with Gasteiger partial charge in [0.2, 0.25) is 0 Å². The second kappa shape index (κ2) is 4.91. The van der Waals surface area contributed by atoms with Crippen LogP contribution in [0.1, 0.15) is 0 Å². The molecule has 1 aromatic rings. The second-order valence-electron chi connectivity index (χ2n) is 4.70. The number of nitrogens with one attached hydrogen (secondary N) is 3. The molecule has 7 nitrogen and oxygen atoms in total. The molecule has 118 valence electrons. The third-order valence-electron chi connectivity index (χ3n) is 3.35. The normalized spacial score (nSPS) is 18.7. The summed E-state index contributed by atoms with van der Waals surface area (Å²) in [5.41, 5.74) is -1.15. The molecular weight excluding hydrogens is 315 g/mol. The summed E-state index contributed by atoms with van der Waals surface area (Å²) in [4.78, 5) is 26.8. The van der Waals surface area contributed by atoms with E-state index in [1.54, 1.807) is 6.07 Å². The van der Waals surface area contributed by atoms with Gasteiger partial charge in [-0.05, 0) is 12.2 Å². The van der Waals surface area contributed by atoms with Crippen LogP contribution in [0.4, 0.5) is 13.2 Å². The summed E-state index contributed by atoms with van der Waals surface area (Å²) < 4.78 is 40.1. The molecule has 0 saturated carbocycles. The lowest BCUT2D eigenvalue weighted by atomic mass is 10.1. The Bertz CT molecular complexity index is 1030. The van der Waals surface area contributed by atoms with Gasteiger partial charge in [0.25, 0.3) is 11.1 Å². The molecule has 3 N–H and O–H groups in total. The van der Waals surface area contributed by atoms with Crippen molar-refractivity contribution in [3.63, 3.8) is 0 Å². The Hall–Kier alpha value is -3.22. The van der Waals surface area contributed by atoms with Crippen LogP contribution in [-0.2, 0) is 0 Å². The molecule has 0 spiro atoms. The highest BCUT2D eigenvalue weighted by Crippen LogP contribution is 2.31. The van der Waals surface area contributed by atoms with Crippen LogP contribution in [0.5, 0.6) is 0 Å². The van der Waals surface area contributed by atoms with Crippen LogP contribution < -0.4 is 32.6 Å². The first-order chi connectivity index (χ1) is 10.8. The standard InChI is InChI=1S/C13H8F3N5O2/c14-13(15,16)7-2-1-3-18-9(7)8-11(22)20-10-6(4-17)5-19-21(10)12(8)23/h1-3,18-19H,5H2,(H,20,22)/b9-8-. The summed E-state index contributed by atoms with van der Waals surface area (Å²) >= 11 is 0. The Morgan fingerprint density at radius 2 is 2.04 bits per heavy atom. The zero-order chi connectivity index (χ0) is 16.8. The van der Waals surface area contributed by atoms with Crippen molar-refractivity contribution < 1.29 is 13.2 Å². The molecule has 1 aromatic heterocycles. The summed E-state index contributed by atoms with van der Waals surface area (Å²) in [5.74, 6) is 0. The Morgan fingerprint density at radius 1 is 1.30 bits per heavy atom. The fourth-order valence-electron chi connectivity index (χ4n) is 2.33. The van der Waals surface area contributed by atoms with Gasteiger partial charge in [0.1, 0.15) is 11.3 Å². The summed E-state index contributed by atoms with van der Waals surface area (Å²) in [6.07, 6.45) is -1.68. The van der Waals surface area contributed by atoms with E-state index in [9.17, 15) is 22.8 Å². The lowest BCUT2D eigenvalue weighted by molar-refractivity contribution is -0.0876. The minimum atomic E-state index is -4.74. The van der Waals surface area contributed by atoms with Crippen molar-refractivity contribution in [1.29, 1.82) is 5.26 Å². The highest BCUT2D eigenvalue weighted by molar-refractivity contribution is 5.67. The Labute approximate surface area is 125 Å². The molecule has 2 aliphatic heterocycles. The molecule has 0 unspecified atom stereocenters. The summed E-state index contributed by atoms with van der Waals surface area (Å²) in [6.45, 7) is -0.00420. The number of halogens is 3. The van der Waals surface area contributed by atoms with Crippen LogP contribution in [0.15, 0.2) is 33.5 Å². The first-order valence-corrected chi connectivity index (χ1v) is 6.32. The van der Waals surface area contributed by atoms with E-state index in [2.05, 4.69) is 15.7 Å². The van der Waals surface area contributed by atoms with E-state index in [-0.39, 0.29) is 17.6 Å². The Kier molecular flexibility index (Phi) is 3.14. The monoisotopic (exact) mass is 323 g/mol. The smallest absolute Gasteiger partial charge is 0.360 e. The van der Waals surface area contributed by atoms with Gasteiger partial charge < -0.3 is 15.7 Å². The minimum Gasteiger partial charge on any atom is -0.360 e. The number of nitriles is 1. The molecular formula is C13H8F3N5O2. The molecule has 0 aromatic carbocycles. The largest absolute Gasteiger partial charge is 0.418 e. The molecule has 0 fully saturated rings. The maximum Gasteiger partial charge on any atom is 0.418 e. The van der Waals surface area contributed by atoms with Crippen molar-refractivity contribution in [2.75, 3.05) is 12.0 Å². The quantitative estimate of drug-likeness (QED) is 0.538. The molecule has 23 heavy (non-hydrogen) atoms. The number of alkyl halides is 3. The SMILES string of the molecule is N#CC1=c2[nH]c(=O)/c(=C3/NC=CC=C3C(F)(F)F)c(=O)n2NC1. The average Bonchev–Trinajstić information content (AvgIpc) is 2.89. The van der Waals surface area contributed by atoms with Crippen molar-refractivity contribution in [2.45, 2.75) is 6.18 Å². The number of dihydropyridines is 1. The van der Waals surface area contributed by atoms with Crippen LogP contribution in [-0.4, -0.2) is 22.4 Å². The Morgan fingerprint density at radius 3 is 2.70 bits per heavy atom. The fraction of sp³-hybridized carbons (Fsp3) is 0.154. The number of fused-ring (bicyclic) bond motifs is 1. The molecule has 2 aliphatic rings. The summed E-state index contributed by atoms with van der Waals surface area (Å²) in [5, 5.41) is 10.5. The highest BCUT2D eigenvalue weighted by atomic mass is 19.4. The topological polar surface area (TPSA) is 103 Å². The van der Waals surface area contributed by atoms with Crippen molar-refractivity contribution >= 4 is 11.3 Å². The second-order valence-corrected chi connectivity index (χ2v) is 4.70. The van der Waals surface area contributed by atoms with Gasteiger partial charge in [-0.1, -0.05) is 0 Å². The van der Waals surface area contributed by atoms with Gasteiger partial charge in [-0.2, -0.15) is 18.4 Å². The third-order valence-corrected chi connectivity index (χ3v) is 3.35. The van der Waals surface area contributed by atoms with Gasteiger partial charge in [-0.3, -0.25) is 9.59 Å².